The molecule has 8 nitrogen and oxygen atoms in total. The minimum Gasteiger partial charge on any atom is -0.491 e. The lowest BCUT2D eigenvalue weighted by molar-refractivity contribution is -0.135. The zero-order valence-electron chi connectivity index (χ0n) is 18.1. The van der Waals surface area contributed by atoms with Gasteiger partial charge in [0, 0.05) is 0 Å². The number of carbonyl (C=O) groups is 3. The Bertz CT molecular complexity index is 1010. The fraction of sp³-hybridized carbons (Fsp3) is 0.348. The van der Waals surface area contributed by atoms with Crippen LogP contribution in [0.5, 0.6) is 5.75 Å². The normalized spacial score (nSPS) is 16.8. The molecule has 3 N–H and O–H groups in total. The molecule has 1 aliphatic rings. The molecule has 0 aliphatic carbocycles. The zero-order chi connectivity index (χ0) is 23.4. The first-order chi connectivity index (χ1) is 15.2. The second-order valence-corrected chi connectivity index (χ2v) is 7.89. The fourth-order valence-electron chi connectivity index (χ4n) is 3.55. The average Bonchev–Trinajstić information content (AvgIpc) is 3.03. The number of halogens is 1. The molecule has 1 fully saturated rings. The predicted octanol–water partition coefficient (Wildman–Crippen LogP) is 2.76. The Labute approximate surface area is 185 Å². The summed E-state index contributed by atoms with van der Waals surface area (Å²) in [5.74, 6) is -1.72. The number of amides is 4. The van der Waals surface area contributed by atoms with Crippen molar-refractivity contribution in [3.05, 3.63) is 59.4 Å². The molecule has 0 spiro atoms. The number of nitrogens with one attached hydrogen (secondary N) is 2. The lowest BCUT2D eigenvalue weighted by Gasteiger charge is -2.27. The first-order valence-electron chi connectivity index (χ1n) is 10.3. The van der Waals surface area contributed by atoms with Crippen LogP contribution in [0.1, 0.15) is 31.0 Å². The summed E-state index contributed by atoms with van der Waals surface area (Å²) < 4.78 is 19.5. The van der Waals surface area contributed by atoms with E-state index in [0.29, 0.717) is 16.9 Å². The van der Waals surface area contributed by atoms with Gasteiger partial charge in [-0.25, -0.2) is 14.1 Å². The van der Waals surface area contributed by atoms with Crippen LogP contribution in [0.3, 0.4) is 0 Å². The lowest BCUT2D eigenvalue weighted by atomic mass is 10.00. The average molecular weight is 443 g/mol. The molecule has 1 unspecified atom stereocenters. The van der Waals surface area contributed by atoms with E-state index in [9.17, 15) is 18.8 Å². The number of anilines is 1. The van der Waals surface area contributed by atoms with Crippen molar-refractivity contribution in [3.63, 3.8) is 0 Å². The molecule has 2 atom stereocenters. The largest absolute Gasteiger partial charge is 0.491 e. The number of hydrogen-bond acceptors (Lipinski definition) is 5. The summed E-state index contributed by atoms with van der Waals surface area (Å²) >= 11 is 0. The predicted molar refractivity (Wildman–Crippen MR) is 116 cm³/mol. The van der Waals surface area contributed by atoms with Gasteiger partial charge in [0.2, 0.25) is 5.91 Å². The first kappa shape index (κ1) is 23.2. The van der Waals surface area contributed by atoms with Gasteiger partial charge in [-0.15, -0.1) is 0 Å². The molecular formula is C23H26FN3O5. The number of nitrogens with zero attached hydrogens (tertiary/aromatic N) is 1. The van der Waals surface area contributed by atoms with Gasteiger partial charge in [-0.1, -0.05) is 32.0 Å². The van der Waals surface area contributed by atoms with Gasteiger partial charge in [-0.05, 0) is 48.2 Å². The molecular weight excluding hydrogens is 417 g/mol. The standard InChI is InChI=1S/C23H26FN3O5/c1-13(2)20(21(29)25-18-9-4-14(3)12-17(18)24)27-22(30)19(26-23(27)31)15-5-7-16(8-6-15)32-11-10-28/h4-9,12-13,19-20,28H,10-11H2,1-3H3,(H,25,29)(H,26,31)/t19-,20?/m1/s1. The minimum atomic E-state index is -1.12. The van der Waals surface area contributed by atoms with Gasteiger partial charge < -0.3 is 20.5 Å². The van der Waals surface area contributed by atoms with E-state index in [1.165, 1.54) is 12.1 Å². The highest BCUT2D eigenvalue weighted by Gasteiger charge is 2.46. The van der Waals surface area contributed by atoms with Gasteiger partial charge in [-0.3, -0.25) is 9.59 Å². The molecule has 0 bridgehead atoms. The minimum absolute atomic E-state index is 0.0201. The Morgan fingerprint density at radius 3 is 2.50 bits per heavy atom. The number of urea groups is 1. The molecule has 2 aromatic rings. The topological polar surface area (TPSA) is 108 Å². The smallest absolute Gasteiger partial charge is 0.325 e. The molecule has 9 heteroatoms. The van der Waals surface area contributed by atoms with Crippen LogP contribution in [0.15, 0.2) is 42.5 Å². The van der Waals surface area contributed by atoms with Crippen molar-refractivity contribution in [2.45, 2.75) is 32.9 Å². The van der Waals surface area contributed by atoms with E-state index < -0.39 is 41.7 Å². The molecule has 1 heterocycles. The molecule has 2 aromatic carbocycles. The maximum absolute atomic E-state index is 14.2. The van der Waals surface area contributed by atoms with Crippen LogP contribution in [-0.4, -0.2) is 47.1 Å². The van der Waals surface area contributed by atoms with Crippen molar-refractivity contribution in [2.75, 3.05) is 18.5 Å². The van der Waals surface area contributed by atoms with Crippen molar-refractivity contribution in [1.29, 1.82) is 0 Å². The second kappa shape index (κ2) is 9.78. The number of imide groups is 1. The molecule has 0 aromatic heterocycles. The summed E-state index contributed by atoms with van der Waals surface area (Å²) in [7, 11) is 0. The number of aryl methyl sites for hydroxylation is 1. The number of carbonyl (C=O) groups excluding carboxylic acids is 3. The van der Waals surface area contributed by atoms with Crippen molar-refractivity contribution in [3.8, 4) is 5.75 Å². The number of aliphatic hydroxyl groups is 1. The molecule has 0 radical (unpaired) electrons. The quantitative estimate of drug-likeness (QED) is 0.544. The van der Waals surface area contributed by atoms with Crippen LogP contribution in [-0.2, 0) is 9.59 Å². The molecule has 32 heavy (non-hydrogen) atoms. The fourth-order valence-corrected chi connectivity index (χ4v) is 3.55. The monoisotopic (exact) mass is 443 g/mol. The van der Waals surface area contributed by atoms with Crippen LogP contribution in [0.4, 0.5) is 14.9 Å². The third kappa shape index (κ3) is 4.88. The molecule has 1 aliphatic heterocycles. The van der Waals surface area contributed by atoms with Gasteiger partial charge >= 0.3 is 6.03 Å². The van der Waals surface area contributed by atoms with Crippen LogP contribution in [0.2, 0.25) is 0 Å². The highest BCUT2D eigenvalue weighted by molar-refractivity contribution is 6.09. The summed E-state index contributed by atoms with van der Waals surface area (Å²) in [5.41, 5.74) is 1.20. The Morgan fingerprint density at radius 1 is 1.22 bits per heavy atom. The van der Waals surface area contributed by atoms with Crippen molar-refractivity contribution >= 4 is 23.5 Å². The van der Waals surface area contributed by atoms with Crippen molar-refractivity contribution in [1.82, 2.24) is 10.2 Å². The number of rotatable bonds is 8. The maximum Gasteiger partial charge on any atom is 0.325 e. The number of ether oxygens (including phenoxy) is 1. The summed E-state index contributed by atoms with van der Waals surface area (Å²) in [6.45, 7) is 5.15. The van der Waals surface area contributed by atoms with E-state index in [4.69, 9.17) is 9.84 Å². The van der Waals surface area contributed by atoms with Crippen molar-refractivity contribution < 1.29 is 28.6 Å². The van der Waals surface area contributed by atoms with E-state index in [2.05, 4.69) is 10.6 Å². The van der Waals surface area contributed by atoms with Gasteiger partial charge in [-0.2, -0.15) is 0 Å². The van der Waals surface area contributed by atoms with Gasteiger partial charge in [0.15, 0.2) is 0 Å². The summed E-state index contributed by atoms with van der Waals surface area (Å²) in [6.07, 6.45) is 0. The van der Waals surface area contributed by atoms with Gasteiger partial charge in [0.25, 0.3) is 5.91 Å². The van der Waals surface area contributed by atoms with E-state index >= 15 is 0 Å². The Morgan fingerprint density at radius 2 is 1.91 bits per heavy atom. The number of benzene rings is 2. The number of hydrogen-bond donors (Lipinski definition) is 3. The maximum atomic E-state index is 14.2. The SMILES string of the molecule is Cc1ccc(NC(=O)C(C(C)C)N2C(=O)N[C@H](c3ccc(OCCO)cc3)C2=O)c(F)c1. The van der Waals surface area contributed by atoms with Crippen LogP contribution in [0.25, 0.3) is 0 Å². The van der Waals surface area contributed by atoms with Gasteiger partial charge in [0.1, 0.15) is 30.3 Å². The molecule has 3 rings (SSSR count). The number of aliphatic hydroxyl groups excluding tert-OH is 1. The van der Waals surface area contributed by atoms with Crippen molar-refractivity contribution in [2.24, 2.45) is 5.92 Å². The van der Waals surface area contributed by atoms with E-state index in [0.717, 1.165) is 4.90 Å². The van der Waals surface area contributed by atoms with E-state index in [1.807, 2.05) is 0 Å². The third-order valence-electron chi connectivity index (χ3n) is 5.11. The lowest BCUT2D eigenvalue weighted by Crippen LogP contribution is -2.50. The first-order valence-corrected chi connectivity index (χ1v) is 10.3. The third-order valence-corrected chi connectivity index (χ3v) is 5.11. The van der Waals surface area contributed by atoms with Crippen LogP contribution in [0, 0.1) is 18.7 Å². The zero-order valence-corrected chi connectivity index (χ0v) is 18.1. The van der Waals surface area contributed by atoms with Crippen LogP contribution < -0.4 is 15.4 Å². The van der Waals surface area contributed by atoms with Crippen LogP contribution >= 0.6 is 0 Å². The second-order valence-electron chi connectivity index (χ2n) is 7.89. The van der Waals surface area contributed by atoms with Gasteiger partial charge in [0.05, 0.1) is 12.3 Å². The molecule has 1 saturated heterocycles. The van der Waals surface area contributed by atoms with E-state index in [-0.39, 0.29) is 18.9 Å². The highest BCUT2D eigenvalue weighted by atomic mass is 19.1. The Hall–Kier alpha value is -3.46. The summed E-state index contributed by atoms with van der Waals surface area (Å²) in [4.78, 5) is 39.7. The van der Waals surface area contributed by atoms with E-state index in [1.54, 1.807) is 51.1 Å². The molecule has 4 amide bonds. The summed E-state index contributed by atoms with van der Waals surface area (Å²) in [6, 6.07) is 8.11. The molecule has 170 valence electrons. The Kier molecular flexibility index (Phi) is 7.09. The Balaban J connectivity index is 1.80. The highest BCUT2D eigenvalue weighted by Crippen LogP contribution is 2.28. The molecule has 0 saturated carbocycles. The summed E-state index contributed by atoms with van der Waals surface area (Å²) in [5, 5.41) is 13.9.